The van der Waals surface area contributed by atoms with E-state index in [1.807, 2.05) is 42.5 Å². The number of aromatic nitrogens is 2. The first-order valence-electron chi connectivity index (χ1n) is 14.7. The van der Waals surface area contributed by atoms with Crippen molar-refractivity contribution in [2.45, 2.75) is 52.2 Å². The van der Waals surface area contributed by atoms with Crippen molar-refractivity contribution in [3.63, 3.8) is 0 Å². The molecule has 3 aromatic rings. The summed E-state index contributed by atoms with van der Waals surface area (Å²) in [6.07, 6.45) is 1.28. The van der Waals surface area contributed by atoms with Crippen LogP contribution in [0.4, 0.5) is 10.7 Å². The van der Waals surface area contributed by atoms with Crippen LogP contribution in [-0.2, 0) is 21.5 Å². The van der Waals surface area contributed by atoms with E-state index >= 15 is 0 Å². The van der Waals surface area contributed by atoms with Crippen LogP contribution < -0.4 is 20.3 Å². The normalized spacial score (nSPS) is 15.7. The van der Waals surface area contributed by atoms with Crippen LogP contribution in [0, 0.1) is 5.41 Å². The van der Waals surface area contributed by atoms with E-state index < -0.39 is 11.7 Å². The number of nitrogens with zero attached hydrogens (tertiary/aromatic N) is 3. The maximum Gasteiger partial charge on any atom is 0.407 e. The minimum atomic E-state index is -0.564. The second-order valence-electron chi connectivity index (χ2n) is 12.9. The Labute approximate surface area is 253 Å². The van der Waals surface area contributed by atoms with Gasteiger partial charge in [0.1, 0.15) is 18.0 Å². The van der Waals surface area contributed by atoms with Crippen LogP contribution in [0.5, 0.6) is 5.75 Å². The Morgan fingerprint density at radius 3 is 2.14 bits per heavy atom. The maximum atomic E-state index is 12.6. The number of ether oxygens (including phenoxy) is 3. The Kier molecular flexibility index (Phi) is 8.59. The van der Waals surface area contributed by atoms with Gasteiger partial charge in [-0.2, -0.15) is 0 Å². The van der Waals surface area contributed by atoms with Gasteiger partial charge in [0.15, 0.2) is 0 Å². The van der Waals surface area contributed by atoms with E-state index in [9.17, 15) is 9.59 Å². The molecule has 10 heteroatoms. The number of carbonyl (C=O) groups excluding carboxylic acids is 2. The van der Waals surface area contributed by atoms with Crippen molar-refractivity contribution in [1.82, 2.24) is 20.6 Å². The van der Waals surface area contributed by atoms with Crippen molar-refractivity contribution in [1.29, 1.82) is 0 Å². The van der Waals surface area contributed by atoms with Gasteiger partial charge < -0.3 is 29.7 Å². The molecular formula is C33H41N5O5. The molecule has 10 nitrogen and oxygen atoms in total. The van der Waals surface area contributed by atoms with Gasteiger partial charge in [-0.1, -0.05) is 38.1 Å². The third kappa shape index (κ3) is 7.43. The van der Waals surface area contributed by atoms with Gasteiger partial charge in [-0.15, -0.1) is 0 Å². The number of hydrogen-bond acceptors (Lipinski definition) is 8. The Balaban J connectivity index is 1.10. The minimum Gasteiger partial charge on any atom is -0.487 e. The molecule has 3 heterocycles. The Bertz CT molecular complexity index is 1420. The fraction of sp³-hybridized carbons (Fsp3) is 0.455. The number of carbonyl (C=O) groups is 2. The average molecular weight is 588 g/mol. The molecular weight excluding hydrogens is 546 g/mol. The molecule has 0 unspecified atom stereocenters. The molecule has 2 N–H and O–H groups in total. The summed E-state index contributed by atoms with van der Waals surface area (Å²) in [4.78, 5) is 35.6. The largest absolute Gasteiger partial charge is 0.487 e. The highest BCUT2D eigenvalue weighted by atomic mass is 16.6. The summed E-state index contributed by atoms with van der Waals surface area (Å²) >= 11 is 0. The summed E-state index contributed by atoms with van der Waals surface area (Å²) < 4.78 is 16.6. The highest BCUT2D eigenvalue weighted by molar-refractivity contribution is 5.94. The molecule has 228 valence electrons. The molecule has 0 radical (unpaired) electrons. The summed E-state index contributed by atoms with van der Waals surface area (Å²) in [6.45, 7) is 14.2. The van der Waals surface area contributed by atoms with Gasteiger partial charge >= 0.3 is 6.09 Å². The number of nitrogens with one attached hydrogen (secondary N) is 2. The monoisotopic (exact) mass is 587 g/mol. The molecule has 43 heavy (non-hydrogen) atoms. The Hall–Kier alpha value is -4.18. The summed E-state index contributed by atoms with van der Waals surface area (Å²) in [5.41, 5.74) is 3.06. The first-order chi connectivity index (χ1) is 20.4. The van der Waals surface area contributed by atoms with Gasteiger partial charge in [0, 0.05) is 43.4 Å². The van der Waals surface area contributed by atoms with Crippen LogP contribution in [-0.4, -0.2) is 67.0 Å². The third-order valence-corrected chi connectivity index (χ3v) is 7.76. The summed E-state index contributed by atoms with van der Waals surface area (Å²) in [5.74, 6) is 1.31. The Morgan fingerprint density at radius 1 is 0.907 bits per heavy atom. The fourth-order valence-corrected chi connectivity index (χ4v) is 5.18. The molecule has 1 spiro atoms. The second kappa shape index (κ2) is 12.2. The molecule has 2 aliphatic rings. The zero-order chi connectivity index (χ0) is 30.7. The van der Waals surface area contributed by atoms with Crippen molar-refractivity contribution >= 4 is 17.9 Å². The zero-order valence-corrected chi connectivity index (χ0v) is 25.6. The molecule has 2 amide bonds. The van der Waals surface area contributed by atoms with Crippen LogP contribution in [0.3, 0.4) is 0 Å². The molecule has 0 bridgehead atoms. The lowest BCUT2D eigenvalue weighted by atomic mass is 9.78. The van der Waals surface area contributed by atoms with E-state index in [-0.39, 0.29) is 17.9 Å². The van der Waals surface area contributed by atoms with Crippen molar-refractivity contribution in [3.05, 3.63) is 83.2 Å². The second-order valence-corrected chi connectivity index (χ2v) is 12.9. The van der Waals surface area contributed by atoms with E-state index in [0.29, 0.717) is 24.1 Å². The summed E-state index contributed by atoms with van der Waals surface area (Å²) in [6, 6.07) is 17.6. The van der Waals surface area contributed by atoms with Gasteiger partial charge in [-0.25, -0.2) is 14.8 Å². The van der Waals surface area contributed by atoms with Crippen molar-refractivity contribution < 1.29 is 23.8 Å². The summed E-state index contributed by atoms with van der Waals surface area (Å²) in [5, 5.41) is 5.46. The molecule has 0 saturated carbocycles. The topological polar surface area (TPSA) is 115 Å². The van der Waals surface area contributed by atoms with Crippen LogP contribution >= 0.6 is 0 Å². The third-order valence-electron chi connectivity index (χ3n) is 7.76. The number of alkyl carbamates (subject to hydrolysis) is 1. The zero-order valence-electron chi connectivity index (χ0n) is 25.6. The predicted octanol–water partition coefficient (Wildman–Crippen LogP) is 4.47. The molecule has 2 fully saturated rings. The van der Waals surface area contributed by atoms with Gasteiger partial charge in [0.25, 0.3) is 5.91 Å². The van der Waals surface area contributed by atoms with Crippen molar-refractivity contribution in [2.75, 3.05) is 44.3 Å². The average Bonchev–Trinajstić information content (AvgIpc) is 2.92. The van der Waals surface area contributed by atoms with E-state index in [1.54, 1.807) is 27.0 Å². The van der Waals surface area contributed by atoms with Crippen molar-refractivity contribution in [2.24, 2.45) is 5.41 Å². The van der Waals surface area contributed by atoms with E-state index in [0.717, 1.165) is 54.8 Å². The first-order valence-corrected chi connectivity index (χ1v) is 14.7. The molecule has 2 aliphatic heterocycles. The van der Waals surface area contributed by atoms with Crippen LogP contribution in [0.1, 0.15) is 61.8 Å². The van der Waals surface area contributed by atoms with Gasteiger partial charge in [-0.3, -0.25) is 4.79 Å². The van der Waals surface area contributed by atoms with Crippen LogP contribution in [0.15, 0.2) is 60.8 Å². The minimum absolute atomic E-state index is 0.200. The number of amides is 2. The standard InChI is InChI=1S/C33H41N5O5/c1-31(2,3)43-30(40)36-17-16-34-28(39)23-6-8-24(9-7-23)32(4,5)25-10-12-27(13-11-25)42-18-26-14-15-35-29(37-26)38-19-33(20-38)21-41-22-33/h6-15H,16-22H2,1-5H3,(H,34,39)(H,36,40). The molecule has 2 aromatic carbocycles. The lowest BCUT2D eigenvalue weighted by molar-refractivity contribution is -0.127. The van der Waals surface area contributed by atoms with Gasteiger partial charge in [0.05, 0.1) is 24.3 Å². The van der Waals surface area contributed by atoms with Crippen LogP contribution in [0.2, 0.25) is 0 Å². The Morgan fingerprint density at radius 2 is 1.53 bits per heavy atom. The van der Waals surface area contributed by atoms with Crippen molar-refractivity contribution in [3.8, 4) is 5.75 Å². The highest BCUT2D eigenvalue weighted by Gasteiger charge is 2.49. The number of rotatable bonds is 10. The first kappa shape index (κ1) is 30.3. The SMILES string of the molecule is CC(C)(C)OC(=O)NCCNC(=O)c1ccc(C(C)(C)c2ccc(OCc3ccnc(N4CC5(COC5)C4)n3)cc2)cc1. The molecule has 1 aromatic heterocycles. The predicted molar refractivity (Wildman–Crippen MR) is 163 cm³/mol. The summed E-state index contributed by atoms with van der Waals surface area (Å²) in [7, 11) is 0. The number of anilines is 1. The van der Waals surface area contributed by atoms with E-state index in [2.05, 4.69) is 51.5 Å². The quantitative estimate of drug-likeness (QED) is 0.334. The lowest BCUT2D eigenvalue weighted by Crippen LogP contribution is -2.66. The van der Waals surface area contributed by atoms with Gasteiger partial charge in [-0.05, 0) is 62.2 Å². The fourth-order valence-electron chi connectivity index (χ4n) is 5.18. The maximum absolute atomic E-state index is 12.6. The van der Waals surface area contributed by atoms with E-state index in [4.69, 9.17) is 14.2 Å². The van der Waals surface area contributed by atoms with Gasteiger partial charge in [0.2, 0.25) is 5.95 Å². The molecule has 2 saturated heterocycles. The molecule has 0 atom stereocenters. The lowest BCUT2D eigenvalue weighted by Gasteiger charge is -2.54. The van der Waals surface area contributed by atoms with Crippen LogP contribution in [0.25, 0.3) is 0 Å². The van der Waals surface area contributed by atoms with E-state index in [1.165, 1.54) is 0 Å². The molecule has 5 rings (SSSR count). The number of hydrogen-bond donors (Lipinski definition) is 2. The molecule has 0 aliphatic carbocycles. The highest BCUT2D eigenvalue weighted by Crippen LogP contribution is 2.39. The smallest absolute Gasteiger partial charge is 0.407 e. The number of benzene rings is 2.